The van der Waals surface area contributed by atoms with E-state index in [0.717, 1.165) is 21.3 Å². The molecule has 0 radical (unpaired) electrons. The summed E-state index contributed by atoms with van der Waals surface area (Å²) >= 11 is 1.41. The van der Waals surface area contributed by atoms with E-state index in [1.54, 1.807) is 12.1 Å². The molecule has 7 nitrogen and oxygen atoms in total. The van der Waals surface area contributed by atoms with Crippen molar-refractivity contribution >= 4 is 42.6 Å². The van der Waals surface area contributed by atoms with Gasteiger partial charge in [-0.25, -0.2) is 13.4 Å². The van der Waals surface area contributed by atoms with E-state index >= 15 is 0 Å². The zero-order valence-electron chi connectivity index (χ0n) is 17.0. The Morgan fingerprint density at radius 3 is 2.53 bits per heavy atom. The summed E-state index contributed by atoms with van der Waals surface area (Å²) in [6.45, 7) is 4.30. The Hall–Kier alpha value is -2.49. The molecule has 0 spiro atoms. The Balaban J connectivity index is 1.57. The van der Waals surface area contributed by atoms with Crippen molar-refractivity contribution in [1.82, 2.24) is 9.29 Å². The summed E-state index contributed by atoms with van der Waals surface area (Å²) in [7, 11) is -2.27. The first-order valence-electron chi connectivity index (χ1n) is 9.65. The lowest BCUT2D eigenvalue weighted by molar-refractivity contribution is -0.119. The second-order valence-electron chi connectivity index (χ2n) is 7.33. The van der Waals surface area contributed by atoms with Crippen LogP contribution >= 0.6 is 11.3 Å². The number of benzene rings is 2. The highest BCUT2D eigenvalue weighted by molar-refractivity contribution is 7.89. The van der Waals surface area contributed by atoms with E-state index in [-0.39, 0.29) is 10.8 Å². The highest BCUT2D eigenvalue weighted by Crippen LogP contribution is 2.32. The number of nitrogens with zero attached hydrogens (tertiary/aromatic N) is 2. The van der Waals surface area contributed by atoms with Crippen molar-refractivity contribution < 1.29 is 17.9 Å². The van der Waals surface area contributed by atoms with Crippen LogP contribution in [0.5, 0.6) is 5.75 Å². The van der Waals surface area contributed by atoms with Gasteiger partial charge < -0.3 is 10.1 Å². The molecule has 1 unspecified atom stereocenters. The molecule has 1 N–H and O–H groups in total. The molecule has 3 aromatic rings. The van der Waals surface area contributed by atoms with Crippen molar-refractivity contribution in [3.8, 4) is 5.75 Å². The van der Waals surface area contributed by atoms with Crippen LogP contribution in [0.15, 0.2) is 41.3 Å². The molecule has 1 amide bonds. The van der Waals surface area contributed by atoms with Crippen molar-refractivity contribution in [2.24, 2.45) is 0 Å². The largest absolute Gasteiger partial charge is 0.497 e. The van der Waals surface area contributed by atoms with Gasteiger partial charge in [0.05, 0.1) is 22.2 Å². The lowest BCUT2D eigenvalue weighted by atomic mass is 10.1. The number of amides is 1. The molecule has 1 aromatic heterocycles. The molecule has 158 valence electrons. The van der Waals surface area contributed by atoms with Gasteiger partial charge in [-0.3, -0.25) is 4.79 Å². The fourth-order valence-corrected chi connectivity index (χ4v) is 6.35. The van der Waals surface area contributed by atoms with Crippen LogP contribution in [0.2, 0.25) is 0 Å². The number of rotatable bonds is 5. The van der Waals surface area contributed by atoms with E-state index in [2.05, 4.69) is 10.3 Å². The molecule has 1 saturated heterocycles. The van der Waals surface area contributed by atoms with E-state index in [4.69, 9.17) is 4.74 Å². The van der Waals surface area contributed by atoms with Crippen LogP contribution in [0.25, 0.3) is 10.2 Å². The predicted molar refractivity (Wildman–Crippen MR) is 118 cm³/mol. The maximum absolute atomic E-state index is 13.1. The normalized spacial score (nSPS) is 17.4. The zero-order chi connectivity index (χ0) is 21.5. The first-order valence-corrected chi connectivity index (χ1v) is 11.9. The van der Waals surface area contributed by atoms with Gasteiger partial charge in [0.25, 0.3) is 0 Å². The fraction of sp³-hybridized carbons (Fsp3) is 0.333. The summed E-state index contributed by atoms with van der Waals surface area (Å²) in [6.07, 6.45) is 1.11. The van der Waals surface area contributed by atoms with Gasteiger partial charge in [-0.05, 0) is 62.1 Å². The van der Waals surface area contributed by atoms with Crippen LogP contribution in [0.1, 0.15) is 24.0 Å². The number of hydrogen-bond donors (Lipinski definition) is 1. The van der Waals surface area contributed by atoms with Crippen molar-refractivity contribution in [1.29, 1.82) is 0 Å². The second-order valence-corrected chi connectivity index (χ2v) is 10.2. The quantitative estimate of drug-likeness (QED) is 0.647. The summed E-state index contributed by atoms with van der Waals surface area (Å²) in [5, 5.41) is 3.33. The van der Waals surface area contributed by atoms with E-state index in [1.807, 2.05) is 26.0 Å². The monoisotopic (exact) mass is 445 g/mol. The lowest BCUT2D eigenvalue weighted by Gasteiger charge is -2.23. The number of sulfonamides is 1. The average Bonchev–Trinajstić information content (AvgIpc) is 3.39. The molecule has 0 bridgehead atoms. The number of carbonyl (C=O) groups is 1. The van der Waals surface area contributed by atoms with Crippen molar-refractivity contribution in [3.63, 3.8) is 0 Å². The maximum atomic E-state index is 13.1. The number of fused-ring (bicyclic) bond motifs is 1. The van der Waals surface area contributed by atoms with Crippen molar-refractivity contribution in [2.45, 2.75) is 37.6 Å². The molecule has 1 aliphatic rings. The topological polar surface area (TPSA) is 88.6 Å². The molecular weight excluding hydrogens is 422 g/mol. The van der Waals surface area contributed by atoms with Gasteiger partial charge in [0, 0.05) is 6.54 Å². The molecular formula is C21H23N3O4S2. The summed E-state index contributed by atoms with van der Waals surface area (Å²) in [5.74, 6) is 0.227. The number of aryl methyl sites for hydroxylation is 2. The number of aromatic nitrogens is 1. The van der Waals surface area contributed by atoms with E-state index in [1.165, 1.54) is 34.9 Å². The van der Waals surface area contributed by atoms with Gasteiger partial charge in [-0.15, -0.1) is 0 Å². The highest BCUT2D eigenvalue weighted by Gasteiger charge is 2.39. The van der Waals surface area contributed by atoms with Gasteiger partial charge in [-0.1, -0.05) is 23.5 Å². The van der Waals surface area contributed by atoms with E-state index < -0.39 is 16.1 Å². The summed E-state index contributed by atoms with van der Waals surface area (Å²) in [4.78, 5) is 17.7. The minimum absolute atomic E-state index is 0.147. The minimum atomic E-state index is -3.79. The summed E-state index contributed by atoms with van der Waals surface area (Å²) in [5.41, 5.74) is 3.00. The van der Waals surface area contributed by atoms with Crippen LogP contribution in [0.3, 0.4) is 0 Å². The van der Waals surface area contributed by atoms with E-state index in [0.29, 0.717) is 30.3 Å². The molecule has 0 aliphatic carbocycles. The molecule has 4 rings (SSSR count). The van der Waals surface area contributed by atoms with Crippen LogP contribution in [-0.4, -0.2) is 43.3 Å². The smallest absolute Gasteiger partial charge is 0.244 e. The predicted octanol–water partition coefficient (Wildman–Crippen LogP) is 3.71. The number of methoxy groups -OCH3 is 1. The average molecular weight is 446 g/mol. The standard InChI is InChI=1S/C21H23N3O4S2/c1-13-6-7-14(2)19-18(13)22-21(29-19)23-20(25)17-5-4-12-24(17)30(26,27)16-10-8-15(28-3)9-11-16/h6-11,17H,4-5,12H2,1-3H3,(H,22,23,25). The van der Waals surface area contributed by atoms with Crippen LogP contribution in [0.4, 0.5) is 5.13 Å². The third kappa shape index (κ3) is 3.68. The number of hydrogen-bond acceptors (Lipinski definition) is 6. The van der Waals surface area contributed by atoms with Gasteiger partial charge >= 0.3 is 0 Å². The Morgan fingerprint density at radius 2 is 1.87 bits per heavy atom. The molecule has 0 saturated carbocycles. The Labute approximate surface area is 179 Å². The highest BCUT2D eigenvalue weighted by atomic mass is 32.2. The number of carbonyl (C=O) groups excluding carboxylic acids is 1. The second kappa shape index (κ2) is 7.98. The Bertz CT molecular complexity index is 1160. The van der Waals surface area contributed by atoms with Gasteiger partial charge in [0.1, 0.15) is 11.8 Å². The number of anilines is 1. The maximum Gasteiger partial charge on any atom is 0.244 e. The molecule has 1 fully saturated rings. The van der Waals surface area contributed by atoms with Crippen molar-refractivity contribution in [2.75, 3.05) is 19.0 Å². The Morgan fingerprint density at radius 1 is 1.17 bits per heavy atom. The van der Waals surface area contributed by atoms with Gasteiger partial charge in [0.15, 0.2) is 5.13 Å². The minimum Gasteiger partial charge on any atom is -0.497 e. The number of ether oxygens (including phenoxy) is 1. The third-order valence-corrected chi connectivity index (χ3v) is 8.37. The molecule has 2 heterocycles. The molecule has 1 atom stereocenters. The first kappa shape index (κ1) is 20.8. The lowest BCUT2D eigenvalue weighted by Crippen LogP contribution is -2.43. The fourth-order valence-electron chi connectivity index (χ4n) is 3.67. The SMILES string of the molecule is COc1ccc(S(=O)(=O)N2CCCC2C(=O)Nc2nc3c(C)ccc(C)c3s2)cc1. The first-order chi connectivity index (χ1) is 14.3. The van der Waals surface area contributed by atoms with Crippen LogP contribution < -0.4 is 10.1 Å². The Kier molecular flexibility index (Phi) is 5.52. The number of nitrogens with one attached hydrogen (secondary N) is 1. The molecule has 2 aromatic carbocycles. The van der Waals surface area contributed by atoms with Crippen molar-refractivity contribution in [3.05, 3.63) is 47.5 Å². The molecule has 9 heteroatoms. The van der Waals surface area contributed by atoms with Gasteiger partial charge in [-0.2, -0.15) is 4.31 Å². The molecule has 1 aliphatic heterocycles. The van der Waals surface area contributed by atoms with E-state index in [9.17, 15) is 13.2 Å². The zero-order valence-corrected chi connectivity index (χ0v) is 18.6. The molecule has 30 heavy (non-hydrogen) atoms. The van der Waals surface area contributed by atoms with Gasteiger partial charge in [0.2, 0.25) is 15.9 Å². The van der Waals surface area contributed by atoms with Crippen LogP contribution in [-0.2, 0) is 14.8 Å². The van der Waals surface area contributed by atoms with Crippen LogP contribution in [0, 0.1) is 13.8 Å². The summed E-state index contributed by atoms with van der Waals surface area (Å²) < 4.78 is 33.7. The number of thiazole rings is 1. The third-order valence-electron chi connectivity index (χ3n) is 5.34. The summed E-state index contributed by atoms with van der Waals surface area (Å²) in [6, 6.07) is 9.48.